The van der Waals surface area contributed by atoms with Crippen molar-refractivity contribution < 1.29 is 9.59 Å². The molecule has 1 aliphatic heterocycles. The molecule has 0 unspecified atom stereocenters. The average Bonchev–Trinajstić information content (AvgIpc) is 2.61. The van der Waals surface area contributed by atoms with Gasteiger partial charge in [-0.15, -0.1) is 0 Å². The Morgan fingerprint density at radius 3 is 2.50 bits per heavy atom. The third kappa shape index (κ3) is 3.37. The molecule has 24 heavy (non-hydrogen) atoms. The minimum Gasteiger partial charge on any atom is -0.339 e. The topological polar surface area (TPSA) is 50.3 Å². The second kappa shape index (κ2) is 6.95. The van der Waals surface area contributed by atoms with Gasteiger partial charge >= 0.3 is 0 Å². The van der Waals surface area contributed by atoms with Crippen molar-refractivity contribution in [2.75, 3.05) is 13.1 Å². The van der Waals surface area contributed by atoms with Crippen LogP contribution in [0.5, 0.6) is 0 Å². The lowest BCUT2D eigenvalue weighted by Gasteiger charge is -2.31. The number of carbonyl (C=O) groups is 2. The van der Waals surface area contributed by atoms with Gasteiger partial charge in [0.2, 0.25) is 0 Å². The fourth-order valence-corrected chi connectivity index (χ4v) is 3.33. The van der Waals surface area contributed by atoms with Gasteiger partial charge in [0, 0.05) is 37.0 Å². The maximum Gasteiger partial charge on any atom is 0.255 e. The molecular weight excluding hydrogens is 300 g/mol. The lowest BCUT2D eigenvalue weighted by molar-refractivity contribution is 0.0650. The first-order valence-corrected chi connectivity index (χ1v) is 8.37. The number of piperidine rings is 1. The van der Waals surface area contributed by atoms with Gasteiger partial charge in [0.25, 0.3) is 5.91 Å². The van der Waals surface area contributed by atoms with Crippen LogP contribution >= 0.6 is 0 Å². The molecule has 0 radical (unpaired) electrons. The molecule has 4 nitrogen and oxygen atoms in total. The van der Waals surface area contributed by atoms with E-state index in [9.17, 15) is 9.59 Å². The van der Waals surface area contributed by atoms with E-state index in [1.807, 2.05) is 36.9 Å². The molecule has 124 valence electrons. The molecule has 1 amide bonds. The van der Waals surface area contributed by atoms with Crippen LogP contribution in [0.1, 0.15) is 44.7 Å². The van der Waals surface area contributed by atoms with Crippen molar-refractivity contribution in [2.45, 2.75) is 26.7 Å². The van der Waals surface area contributed by atoms with E-state index in [0.717, 1.165) is 24.0 Å². The van der Waals surface area contributed by atoms with Crippen molar-refractivity contribution in [2.24, 2.45) is 5.92 Å². The molecule has 0 atom stereocenters. The second-order valence-electron chi connectivity index (χ2n) is 6.49. The predicted octanol–water partition coefficient (Wildman–Crippen LogP) is 3.43. The van der Waals surface area contributed by atoms with Gasteiger partial charge < -0.3 is 4.90 Å². The van der Waals surface area contributed by atoms with Gasteiger partial charge in [-0.1, -0.05) is 23.8 Å². The Morgan fingerprint density at radius 1 is 1.12 bits per heavy atom. The van der Waals surface area contributed by atoms with Gasteiger partial charge in [-0.05, 0) is 44.4 Å². The van der Waals surface area contributed by atoms with Crippen molar-refractivity contribution in [1.29, 1.82) is 0 Å². The number of likely N-dealkylation sites (tertiary alicyclic amines) is 1. The number of rotatable bonds is 3. The van der Waals surface area contributed by atoms with Crippen molar-refractivity contribution in [3.05, 3.63) is 65.0 Å². The molecule has 1 aromatic carbocycles. The van der Waals surface area contributed by atoms with Crippen LogP contribution in [0.15, 0.2) is 42.7 Å². The average molecular weight is 322 g/mol. The minimum absolute atomic E-state index is 0.000477. The highest BCUT2D eigenvalue weighted by Gasteiger charge is 2.29. The number of benzene rings is 1. The first kappa shape index (κ1) is 16.4. The first-order chi connectivity index (χ1) is 11.6. The third-order valence-electron chi connectivity index (χ3n) is 4.71. The number of ketones is 1. The monoisotopic (exact) mass is 322 g/mol. The molecule has 1 saturated heterocycles. The summed E-state index contributed by atoms with van der Waals surface area (Å²) in [6.45, 7) is 5.26. The zero-order valence-electron chi connectivity index (χ0n) is 14.2. The molecule has 0 bridgehead atoms. The molecule has 0 aliphatic carbocycles. The number of aromatic nitrogens is 1. The normalized spacial score (nSPS) is 15.3. The Balaban J connectivity index is 1.64. The molecule has 3 rings (SSSR count). The summed E-state index contributed by atoms with van der Waals surface area (Å²) < 4.78 is 0. The summed E-state index contributed by atoms with van der Waals surface area (Å²) >= 11 is 0. The number of nitrogens with zero attached hydrogens (tertiary/aromatic N) is 2. The fourth-order valence-electron chi connectivity index (χ4n) is 3.33. The number of hydrogen-bond donors (Lipinski definition) is 0. The zero-order valence-corrected chi connectivity index (χ0v) is 14.2. The number of amides is 1. The number of pyridine rings is 1. The van der Waals surface area contributed by atoms with Crippen LogP contribution in [0.4, 0.5) is 0 Å². The van der Waals surface area contributed by atoms with E-state index in [0.29, 0.717) is 18.7 Å². The smallest absolute Gasteiger partial charge is 0.255 e. The quantitative estimate of drug-likeness (QED) is 0.814. The largest absolute Gasteiger partial charge is 0.339 e. The van der Waals surface area contributed by atoms with E-state index in [-0.39, 0.29) is 17.6 Å². The molecule has 2 heterocycles. The highest BCUT2D eigenvalue weighted by atomic mass is 16.2. The van der Waals surface area contributed by atoms with Gasteiger partial charge in [-0.25, -0.2) is 0 Å². The van der Waals surface area contributed by atoms with E-state index in [1.54, 1.807) is 24.5 Å². The summed E-state index contributed by atoms with van der Waals surface area (Å²) in [5.41, 5.74) is 3.63. The minimum atomic E-state index is 0.000477. The lowest BCUT2D eigenvalue weighted by Crippen LogP contribution is -2.40. The van der Waals surface area contributed by atoms with Gasteiger partial charge in [0.15, 0.2) is 5.78 Å². The predicted molar refractivity (Wildman–Crippen MR) is 93.1 cm³/mol. The maximum absolute atomic E-state index is 12.8. The van der Waals surface area contributed by atoms with Crippen molar-refractivity contribution in [3.8, 4) is 0 Å². The molecule has 4 heteroatoms. The van der Waals surface area contributed by atoms with E-state index in [1.165, 1.54) is 5.56 Å². The highest BCUT2D eigenvalue weighted by Crippen LogP contribution is 2.24. The van der Waals surface area contributed by atoms with Crippen LogP contribution in [0.2, 0.25) is 0 Å². The van der Waals surface area contributed by atoms with Crippen LogP contribution in [0.3, 0.4) is 0 Å². The number of carbonyl (C=O) groups excluding carboxylic acids is 2. The van der Waals surface area contributed by atoms with Crippen LogP contribution < -0.4 is 0 Å². The Kier molecular flexibility index (Phi) is 4.74. The van der Waals surface area contributed by atoms with Gasteiger partial charge in [-0.3, -0.25) is 14.6 Å². The standard InChI is InChI=1S/C20H22N2O2/c1-14-5-6-18(15(2)12-14)19(23)16-7-10-22(11-8-16)20(24)17-4-3-9-21-13-17/h3-6,9,12-13,16H,7-8,10-11H2,1-2H3. The van der Waals surface area contributed by atoms with Crippen molar-refractivity contribution in [3.63, 3.8) is 0 Å². The molecule has 1 fully saturated rings. The second-order valence-corrected chi connectivity index (χ2v) is 6.49. The molecule has 0 spiro atoms. The van der Waals surface area contributed by atoms with Crippen molar-refractivity contribution in [1.82, 2.24) is 9.88 Å². The SMILES string of the molecule is Cc1ccc(C(=O)C2CCN(C(=O)c3cccnc3)CC2)c(C)c1. The third-order valence-corrected chi connectivity index (χ3v) is 4.71. The summed E-state index contributed by atoms with van der Waals surface area (Å²) in [7, 11) is 0. The fraction of sp³-hybridized carbons (Fsp3) is 0.350. The Bertz CT molecular complexity index is 747. The summed E-state index contributed by atoms with van der Waals surface area (Å²) in [4.78, 5) is 31.0. The number of hydrogen-bond acceptors (Lipinski definition) is 3. The van der Waals surface area contributed by atoms with E-state index in [4.69, 9.17) is 0 Å². The highest BCUT2D eigenvalue weighted by molar-refractivity contribution is 5.99. The Morgan fingerprint density at radius 2 is 1.88 bits per heavy atom. The zero-order chi connectivity index (χ0) is 17.1. The summed E-state index contributed by atoms with van der Waals surface area (Å²) in [6.07, 6.45) is 4.69. The number of Topliss-reactive ketones (excluding diaryl/α,β-unsaturated/α-hetero) is 1. The molecule has 1 aliphatic rings. The van der Waals surface area contributed by atoms with Crippen LogP contribution in [-0.2, 0) is 0 Å². The Labute approximate surface area is 142 Å². The van der Waals surface area contributed by atoms with Crippen LogP contribution in [0, 0.1) is 19.8 Å². The first-order valence-electron chi connectivity index (χ1n) is 8.37. The molecule has 2 aromatic rings. The van der Waals surface area contributed by atoms with E-state index >= 15 is 0 Å². The van der Waals surface area contributed by atoms with Gasteiger partial charge in [-0.2, -0.15) is 0 Å². The van der Waals surface area contributed by atoms with Crippen LogP contribution in [-0.4, -0.2) is 34.7 Å². The van der Waals surface area contributed by atoms with Gasteiger partial charge in [0.1, 0.15) is 0 Å². The summed E-state index contributed by atoms with van der Waals surface area (Å²) in [5, 5.41) is 0. The summed E-state index contributed by atoms with van der Waals surface area (Å²) in [6, 6.07) is 9.52. The Hall–Kier alpha value is -2.49. The summed E-state index contributed by atoms with van der Waals surface area (Å²) in [5.74, 6) is 0.214. The maximum atomic E-state index is 12.8. The molecule has 0 N–H and O–H groups in total. The molecule has 1 aromatic heterocycles. The van der Waals surface area contributed by atoms with Crippen molar-refractivity contribution >= 4 is 11.7 Å². The van der Waals surface area contributed by atoms with Gasteiger partial charge in [0.05, 0.1) is 5.56 Å². The van der Waals surface area contributed by atoms with Crippen LogP contribution in [0.25, 0.3) is 0 Å². The van der Waals surface area contributed by atoms with E-state index in [2.05, 4.69) is 4.98 Å². The van der Waals surface area contributed by atoms with E-state index < -0.39 is 0 Å². The molecular formula is C20H22N2O2. The number of aryl methyl sites for hydroxylation is 2. The molecule has 0 saturated carbocycles. The lowest BCUT2D eigenvalue weighted by atomic mass is 9.87.